The molecule has 0 saturated heterocycles. The van der Waals surface area contributed by atoms with E-state index in [2.05, 4.69) is 9.97 Å². The van der Waals surface area contributed by atoms with Crippen molar-refractivity contribution >= 4 is 17.2 Å². The fourth-order valence-electron chi connectivity index (χ4n) is 2.17. The summed E-state index contributed by atoms with van der Waals surface area (Å²) in [7, 11) is 0. The minimum absolute atomic E-state index is 0.651. The zero-order valence-corrected chi connectivity index (χ0v) is 10.5. The molecule has 0 aliphatic heterocycles. The van der Waals surface area contributed by atoms with Gasteiger partial charge < -0.3 is 0 Å². The Morgan fingerprint density at radius 1 is 1.00 bits per heavy atom. The number of aromatic nitrogens is 2. The second kappa shape index (κ2) is 4.61. The first-order chi connectivity index (χ1) is 9.28. The van der Waals surface area contributed by atoms with Crippen molar-refractivity contribution in [2.24, 2.45) is 0 Å². The van der Waals surface area contributed by atoms with Crippen LogP contribution in [0.15, 0.2) is 48.5 Å². The number of carbonyl (C=O) groups is 1. The zero-order chi connectivity index (χ0) is 13.2. The van der Waals surface area contributed by atoms with Crippen LogP contribution in [-0.4, -0.2) is 16.3 Å². The normalized spacial score (nSPS) is 10.6. The van der Waals surface area contributed by atoms with Crippen molar-refractivity contribution in [2.75, 3.05) is 0 Å². The van der Waals surface area contributed by atoms with Crippen LogP contribution in [0.1, 0.15) is 16.2 Å². The van der Waals surface area contributed by atoms with E-state index in [1.54, 1.807) is 6.07 Å². The maximum absolute atomic E-state index is 10.9. The number of benzene rings is 2. The Bertz CT molecular complexity index is 766. The fraction of sp³-hybridized carbons (Fsp3) is 0.0625. The zero-order valence-electron chi connectivity index (χ0n) is 10.5. The third-order valence-corrected chi connectivity index (χ3v) is 3.01. The highest BCUT2D eigenvalue weighted by atomic mass is 16.1. The highest BCUT2D eigenvalue weighted by Crippen LogP contribution is 2.26. The van der Waals surface area contributed by atoms with Crippen molar-refractivity contribution in [2.45, 2.75) is 6.92 Å². The molecule has 2 aromatic carbocycles. The van der Waals surface area contributed by atoms with Crippen LogP contribution >= 0.6 is 0 Å². The Morgan fingerprint density at radius 2 is 1.84 bits per heavy atom. The predicted octanol–water partition coefficient (Wildman–Crippen LogP) is 3.42. The van der Waals surface area contributed by atoms with Gasteiger partial charge in [-0.15, -0.1) is 0 Å². The smallest absolute Gasteiger partial charge is 0.150 e. The SMILES string of the molecule is Cc1nc(-c2cccc(C=O)c2)c2ccccc2n1. The number of aldehydes is 1. The molecule has 92 valence electrons. The van der Waals surface area contributed by atoms with Crippen molar-refractivity contribution in [3.05, 3.63) is 59.9 Å². The molecule has 1 aromatic heterocycles. The van der Waals surface area contributed by atoms with Gasteiger partial charge in [0, 0.05) is 16.5 Å². The van der Waals surface area contributed by atoms with Crippen LogP contribution in [0.3, 0.4) is 0 Å². The van der Waals surface area contributed by atoms with Crippen molar-refractivity contribution in [1.29, 1.82) is 0 Å². The highest BCUT2D eigenvalue weighted by molar-refractivity contribution is 5.93. The van der Waals surface area contributed by atoms with E-state index < -0.39 is 0 Å². The first-order valence-corrected chi connectivity index (χ1v) is 6.07. The summed E-state index contributed by atoms with van der Waals surface area (Å²) in [6, 6.07) is 15.4. The lowest BCUT2D eigenvalue weighted by Gasteiger charge is -2.07. The number of aryl methyl sites for hydroxylation is 1. The van der Waals surface area contributed by atoms with Crippen LogP contribution in [0.2, 0.25) is 0 Å². The molecule has 0 aliphatic carbocycles. The van der Waals surface area contributed by atoms with E-state index >= 15 is 0 Å². The molecule has 0 N–H and O–H groups in total. The molecule has 3 rings (SSSR count). The molecular weight excluding hydrogens is 236 g/mol. The van der Waals surface area contributed by atoms with E-state index in [9.17, 15) is 4.79 Å². The van der Waals surface area contributed by atoms with Gasteiger partial charge in [-0.3, -0.25) is 4.79 Å². The van der Waals surface area contributed by atoms with Crippen LogP contribution < -0.4 is 0 Å². The molecule has 1 heterocycles. The largest absolute Gasteiger partial charge is 0.298 e. The molecule has 0 unspecified atom stereocenters. The minimum Gasteiger partial charge on any atom is -0.298 e. The molecule has 0 saturated carbocycles. The molecule has 0 fully saturated rings. The average Bonchev–Trinajstić information content (AvgIpc) is 2.46. The molecule has 0 atom stereocenters. The lowest BCUT2D eigenvalue weighted by molar-refractivity contribution is 0.112. The summed E-state index contributed by atoms with van der Waals surface area (Å²) in [6.07, 6.45) is 0.847. The average molecular weight is 248 g/mol. The Labute approximate surface area is 111 Å². The van der Waals surface area contributed by atoms with Gasteiger partial charge in [0.2, 0.25) is 0 Å². The Morgan fingerprint density at radius 3 is 2.68 bits per heavy atom. The van der Waals surface area contributed by atoms with Gasteiger partial charge in [-0.05, 0) is 19.1 Å². The Balaban J connectivity index is 2.31. The summed E-state index contributed by atoms with van der Waals surface area (Å²) >= 11 is 0. The lowest BCUT2D eigenvalue weighted by atomic mass is 10.0. The number of hydrogen-bond donors (Lipinski definition) is 0. The van der Waals surface area contributed by atoms with Gasteiger partial charge >= 0.3 is 0 Å². The Kier molecular flexibility index (Phi) is 2.80. The van der Waals surface area contributed by atoms with E-state index in [1.165, 1.54) is 0 Å². The number of nitrogens with zero attached hydrogens (tertiary/aromatic N) is 2. The number of hydrogen-bond acceptors (Lipinski definition) is 3. The van der Waals surface area contributed by atoms with Gasteiger partial charge in [0.1, 0.15) is 12.1 Å². The summed E-state index contributed by atoms with van der Waals surface area (Å²) in [5.74, 6) is 0.727. The quantitative estimate of drug-likeness (QED) is 0.653. The topological polar surface area (TPSA) is 42.9 Å². The summed E-state index contributed by atoms with van der Waals surface area (Å²) < 4.78 is 0. The second-order valence-electron chi connectivity index (χ2n) is 4.38. The van der Waals surface area contributed by atoms with Crippen molar-refractivity contribution in [3.8, 4) is 11.3 Å². The number of para-hydroxylation sites is 1. The van der Waals surface area contributed by atoms with E-state index in [0.717, 1.165) is 34.3 Å². The van der Waals surface area contributed by atoms with Gasteiger partial charge in [-0.2, -0.15) is 0 Å². The lowest BCUT2D eigenvalue weighted by Crippen LogP contribution is -1.94. The highest BCUT2D eigenvalue weighted by Gasteiger charge is 2.08. The molecule has 0 radical (unpaired) electrons. The summed E-state index contributed by atoms with van der Waals surface area (Å²) in [6.45, 7) is 1.87. The Hall–Kier alpha value is -2.55. The molecule has 0 spiro atoms. The molecule has 3 aromatic rings. The molecule has 19 heavy (non-hydrogen) atoms. The van der Waals surface area contributed by atoms with Gasteiger partial charge in [0.25, 0.3) is 0 Å². The summed E-state index contributed by atoms with van der Waals surface area (Å²) in [5.41, 5.74) is 3.37. The molecule has 0 bridgehead atoms. The number of rotatable bonds is 2. The maximum Gasteiger partial charge on any atom is 0.150 e. The van der Waals surface area contributed by atoms with Crippen LogP contribution in [0.25, 0.3) is 22.2 Å². The van der Waals surface area contributed by atoms with Crippen molar-refractivity contribution < 1.29 is 4.79 Å². The van der Waals surface area contributed by atoms with Gasteiger partial charge in [-0.1, -0.05) is 36.4 Å². The second-order valence-corrected chi connectivity index (χ2v) is 4.38. The first-order valence-electron chi connectivity index (χ1n) is 6.07. The number of carbonyl (C=O) groups excluding carboxylic acids is 1. The minimum atomic E-state index is 0.651. The number of fused-ring (bicyclic) bond motifs is 1. The van der Waals surface area contributed by atoms with Crippen LogP contribution in [-0.2, 0) is 0 Å². The fourth-order valence-corrected chi connectivity index (χ4v) is 2.17. The van der Waals surface area contributed by atoms with Crippen LogP contribution in [0.4, 0.5) is 0 Å². The van der Waals surface area contributed by atoms with Gasteiger partial charge in [0.05, 0.1) is 11.2 Å². The monoisotopic (exact) mass is 248 g/mol. The van der Waals surface area contributed by atoms with Gasteiger partial charge in [-0.25, -0.2) is 9.97 Å². The van der Waals surface area contributed by atoms with E-state index in [-0.39, 0.29) is 0 Å². The van der Waals surface area contributed by atoms with E-state index in [4.69, 9.17) is 0 Å². The van der Waals surface area contributed by atoms with Crippen LogP contribution in [0.5, 0.6) is 0 Å². The standard InChI is InChI=1S/C16H12N2O/c1-11-17-15-8-3-2-7-14(15)16(18-11)13-6-4-5-12(9-13)10-19/h2-10H,1H3. The molecular formula is C16H12N2O. The van der Waals surface area contributed by atoms with E-state index in [0.29, 0.717) is 5.56 Å². The maximum atomic E-state index is 10.9. The van der Waals surface area contributed by atoms with Crippen molar-refractivity contribution in [3.63, 3.8) is 0 Å². The van der Waals surface area contributed by atoms with Gasteiger partial charge in [0.15, 0.2) is 0 Å². The molecule has 0 aliphatic rings. The third-order valence-electron chi connectivity index (χ3n) is 3.01. The third kappa shape index (κ3) is 2.10. The molecule has 0 amide bonds. The van der Waals surface area contributed by atoms with Crippen LogP contribution in [0, 0.1) is 6.92 Å². The summed E-state index contributed by atoms with van der Waals surface area (Å²) in [5, 5.41) is 0.996. The summed E-state index contributed by atoms with van der Waals surface area (Å²) in [4.78, 5) is 19.8. The molecule has 3 heteroatoms. The van der Waals surface area contributed by atoms with Crippen molar-refractivity contribution in [1.82, 2.24) is 9.97 Å². The predicted molar refractivity (Wildman–Crippen MR) is 75.1 cm³/mol. The first kappa shape index (κ1) is 11.5. The molecule has 3 nitrogen and oxygen atoms in total. The van der Waals surface area contributed by atoms with E-state index in [1.807, 2.05) is 49.4 Å².